The first-order valence-electron chi connectivity index (χ1n) is 11.3. The number of allylic oxidation sites excluding steroid dienone is 3. The number of carboxylic acid groups (broad SMARTS) is 1. The number of carboxylic acids is 1. The van der Waals surface area contributed by atoms with Crippen LogP contribution < -0.4 is 10.2 Å². The van der Waals surface area contributed by atoms with E-state index >= 15 is 0 Å². The van der Waals surface area contributed by atoms with E-state index in [2.05, 4.69) is 15.2 Å². The van der Waals surface area contributed by atoms with Gasteiger partial charge in [-0.15, -0.1) is 0 Å². The highest BCUT2D eigenvalue weighted by molar-refractivity contribution is 5.80. The molecule has 174 valence electrons. The Hall–Kier alpha value is -3.55. The molecule has 1 fully saturated rings. The van der Waals surface area contributed by atoms with Crippen molar-refractivity contribution in [2.75, 3.05) is 23.3 Å². The van der Waals surface area contributed by atoms with E-state index in [0.717, 1.165) is 42.9 Å². The Morgan fingerprint density at radius 3 is 2.76 bits per heavy atom. The number of anilines is 3. The molecular weight excluding hydrogens is 420 g/mol. The molecule has 0 bridgehead atoms. The molecular formula is C25H30N4O4. The number of hydrogen-bond acceptors (Lipinski definition) is 7. The van der Waals surface area contributed by atoms with Gasteiger partial charge in [-0.05, 0) is 56.9 Å². The van der Waals surface area contributed by atoms with Gasteiger partial charge in [0.1, 0.15) is 17.7 Å². The van der Waals surface area contributed by atoms with Gasteiger partial charge in [0.05, 0.1) is 24.4 Å². The van der Waals surface area contributed by atoms with Crippen LogP contribution in [-0.4, -0.2) is 45.3 Å². The van der Waals surface area contributed by atoms with Crippen LogP contribution in [0, 0.1) is 0 Å². The van der Waals surface area contributed by atoms with Gasteiger partial charge in [0.2, 0.25) is 0 Å². The smallest absolute Gasteiger partial charge is 0.313 e. The summed E-state index contributed by atoms with van der Waals surface area (Å²) in [5, 5.41) is 22.7. The van der Waals surface area contributed by atoms with Crippen LogP contribution in [0.5, 0.6) is 0 Å². The summed E-state index contributed by atoms with van der Waals surface area (Å²) in [7, 11) is 0. The fraction of sp³-hybridized carbons (Fsp3) is 0.400. The lowest BCUT2D eigenvalue weighted by atomic mass is 9.85. The van der Waals surface area contributed by atoms with E-state index in [1.807, 2.05) is 36.4 Å². The summed E-state index contributed by atoms with van der Waals surface area (Å²) in [5.74, 6) is 1.39. The molecule has 2 aliphatic rings. The number of aliphatic hydroxyl groups excluding tert-OH is 1. The largest absolute Gasteiger partial charge is 0.508 e. The molecule has 0 saturated carbocycles. The number of aliphatic carboxylic acids is 1. The molecule has 1 atom stereocenters. The number of nitrogens with zero attached hydrogens (tertiary/aromatic N) is 3. The van der Waals surface area contributed by atoms with Gasteiger partial charge < -0.3 is 25.2 Å². The van der Waals surface area contributed by atoms with Crippen molar-refractivity contribution in [3.63, 3.8) is 0 Å². The molecule has 2 heterocycles. The summed E-state index contributed by atoms with van der Waals surface area (Å²) >= 11 is 0. The SMILES string of the molecule is CC(C)(C(=O)O)c1ccc(Nc2cncc(N3CCCC(OC4=C(O)CCC=C4)C3)n2)cc1. The van der Waals surface area contributed by atoms with Crippen LogP contribution in [0.2, 0.25) is 0 Å². The maximum Gasteiger partial charge on any atom is 0.313 e. The minimum absolute atomic E-state index is 0.0257. The van der Waals surface area contributed by atoms with Gasteiger partial charge in [-0.1, -0.05) is 18.2 Å². The van der Waals surface area contributed by atoms with Crippen molar-refractivity contribution in [2.45, 2.75) is 51.0 Å². The number of aliphatic hydroxyl groups is 1. The number of nitrogens with one attached hydrogen (secondary N) is 1. The molecule has 0 amide bonds. The average molecular weight is 451 g/mol. The number of rotatable bonds is 7. The molecule has 0 spiro atoms. The predicted octanol–water partition coefficient (Wildman–Crippen LogP) is 4.69. The third-order valence-corrected chi connectivity index (χ3v) is 6.13. The number of hydrogen-bond donors (Lipinski definition) is 3. The second-order valence-electron chi connectivity index (χ2n) is 8.98. The third kappa shape index (κ3) is 5.27. The van der Waals surface area contributed by atoms with Crippen molar-refractivity contribution in [3.05, 3.63) is 65.9 Å². The van der Waals surface area contributed by atoms with Crippen LogP contribution >= 0.6 is 0 Å². The van der Waals surface area contributed by atoms with Gasteiger partial charge in [-0.25, -0.2) is 4.98 Å². The van der Waals surface area contributed by atoms with E-state index in [4.69, 9.17) is 9.72 Å². The molecule has 1 aromatic heterocycles. The summed E-state index contributed by atoms with van der Waals surface area (Å²) in [6.07, 6.45) is 10.6. The van der Waals surface area contributed by atoms with E-state index in [1.165, 1.54) is 0 Å². The minimum Gasteiger partial charge on any atom is -0.508 e. The lowest BCUT2D eigenvalue weighted by molar-refractivity contribution is -0.142. The Labute approximate surface area is 193 Å². The Morgan fingerprint density at radius 1 is 1.24 bits per heavy atom. The topological polar surface area (TPSA) is 108 Å². The predicted molar refractivity (Wildman–Crippen MR) is 127 cm³/mol. The van der Waals surface area contributed by atoms with Gasteiger partial charge in [-0.3, -0.25) is 9.78 Å². The van der Waals surface area contributed by atoms with Crippen molar-refractivity contribution in [2.24, 2.45) is 0 Å². The Morgan fingerprint density at radius 2 is 2.03 bits per heavy atom. The van der Waals surface area contributed by atoms with Crippen LogP contribution in [0.1, 0.15) is 45.1 Å². The van der Waals surface area contributed by atoms with Crippen LogP contribution in [0.15, 0.2) is 60.3 Å². The van der Waals surface area contributed by atoms with E-state index in [-0.39, 0.29) is 6.10 Å². The van der Waals surface area contributed by atoms with Crippen molar-refractivity contribution in [1.82, 2.24) is 9.97 Å². The van der Waals surface area contributed by atoms with Gasteiger partial charge in [0, 0.05) is 18.7 Å². The molecule has 1 saturated heterocycles. The van der Waals surface area contributed by atoms with Gasteiger partial charge >= 0.3 is 5.97 Å². The second kappa shape index (κ2) is 9.52. The number of aromatic nitrogens is 2. The maximum absolute atomic E-state index is 11.5. The zero-order chi connectivity index (χ0) is 23.4. The monoisotopic (exact) mass is 450 g/mol. The van der Waals surface area contributed by atoms with Gasteiger partial charge in [-0.2, -0.15) is 0 Å². The number of ether oxygens (including phenoxy) is 1. The van der Waals surface area contributed by atoms with Gasteiger partial charge in [0.15, 0.2) is 11.6 Å². The highest BCUT2D eigenvalue weighted by Crippen LogP contribution is 2.27. The van der Waals surface area contributed by atoms with Crippen molar-refractivity contribution < 1.29 is 19.7 Å². The molecule has 2 aromatic rings. The third-order valence-electron chi connectivity index (χ3n) is 6.13. The molecule has 0 radical (unpaired) electrons. The van der Waals surface area contributed by atoms with Gasteiger partial charge in [0.25, 0.3) is 0 Å². The van der Waals surface area contributed by atoms with E-state index < -0.39 is 11.4 Å². The molecule has 33 heavy (non-hydrogen) atoms. The van der Waals surface area contributed by atoms with Crippen molar-refractivity contribution >= 4 is 23.3 Å². The first-order chi connectivity index (χ1) is 15.8. The Bertz CT molecular complexity index is 1060. The van der Waals surface area contributed by atoms with Crippen LogP contribution in [0.4, 0.5) is 17.3 Å². The first-order valence-corrected chi connectivity index (χ1v) is 11.3. The molecule has 8 heteroatoms. The standard InChI is InChI=1S/C25H30N4O4/c1-25(2,24(31)32)17-9-11-18(12-10-17)27-22-14-26-15-23(28-22)29-13-5-6-19(16-29)33-21-8-4-3-7-20(21)30/h4,8-12,14-15,19,30H,3,5-7,13,16H2,1-2H3,(H,27,28)(H,31,32). The summed E-state index contributed by atoms with van der Waals surface area (Å²) in [5.41, 5.74) is 0.581. The van der Waals surface area contributed by atoms with Crippen LogP contribution in [-0.2, 0) is 14.9 Å². The maximum atomic E-state index is 11.5. The summed E-state index contributed by atoms with van der Waals surface area (Å²) < 4.78 is 6.07. The Balaban J connectivity index is 1.42. The minimum atomic E-state index is -0.953. The zero-order valence-electron chi connectivity index (χ0n) is 19.0. The average Bonchev–Trinajstić information content (AvgIpc) is 2.81. The second-order valence-corrected chi connectivity index (χ2v) is 8.98. The lowest BCUT2D eigenvalue weighted by Crippen LogP contribution is -2.40. The Kier molecular flexibility index (Phi) is 6.53. The van der Waals surface area contributed by atoms with Crippen LogP contribution in [0.25, 0.3) is 0 Å². The number of carbonyl (C=O) groups is 1. The fourth-order valence-corrected chi connectivity index (χ4v) is 3.97. The number of benzene rings is 1. The molecule has 3 N–H and O–H groups in total. The lowest BCUT2D eigenvalue weighted by Gasteiger charge is -2.34. The molecule has 8 nitrogen and oxygen atoms in total. The summed E-state index contributed by atoms with van der Waals surface area (Å²) in [6, 6.07) is 7.31. The highest BCUT2D eigenvalue weighted by Gasteiger charge is 2.29. The molecule has 4 rings (SSSR count). The first kappa shape index (κ1) is 22.6. The van der Waals surface area contributed by atoms with E-state index in [0.29, 0.717) is 30.3 Å². The summed E-state index contributed by atoms with van der Waals surface area (Å²) in [4.78, 5) is 22.7. The summed E-state index contributed by atoms with van der Waals surface area (Å²) in [6.45, 7) is 4.90. The van der Waals surface area contributed by atoms with Crippen molar-refractivity contribution in [1.29, 1.82) is 0 Å². The van der Waals surface area contributed by atoms with Crippen LogP contribution in [0.3, 0.4) is 0 Å². The quantitative estimate of drug-likeness (QED) is 0.558. The molecule has 1 unspecified atom stereocenters. The fourth-order valence-electron chi connectivity index (χ4n) is 3.97. The zero-order valence-corrected chi connectivity index (χ0v) is 19.0. The highest BCUT2D eigenvalue weighted by atomic mass is 16.5. The van der Waals surface area contributed by atoms with E-state index in [1.54, 1.807) is 26.2 Å². The molecule has 1 aliphatic carbocycles. The van der Waals surface area contributed by atoms with E-state index in [9.17, 15) is 15.0 Å². The molecule has 1 aromatic carbocycles. The normalized spacial score (nSPS) is 18.8. The molecule has 1 aliphatic heterocycles. The number of piperidine rings is 1. The van der Waals surface area contributed by atoms with Crippen molar-refractivity contribution in [3.8, 4) is 0 Å².